The highest BCUT2D eigenvalue weighted by Gasteiger charge is 2.25. The topological polar surface area (TPSA) is 43.4 Å². The van der Waals surface area contributed by atoms with Gasteiger partial charge in [0.1, 0.15) is 11.7 Å². The van der Waals surface area contributed by atoms with Gasteiger partial charge >= 0.3 is 5.97 Å². The molecule has 90 valence electrons. The van der Waals surface area contributed by atoms with Gasteiger partial charge in [0.15, 0.2) is 0 Å². The van der Waals surface area contributed by atoms with Gasteiger partial charge in [-0.3, -0.25) is 9.59 Å². The fraction of sp³-hybridized carbons (Fsp3) is 0.538. The summed E-state index contributed by atoms with van der Waals surface area (Å²) in [4.78, 5) is 23.3. The number of carbonyl (C=O) groups excluding carboxylic acids is 2. The second-order valence-electron chi connectivity index (χ2n) is 3.40. The monoisotopic (exact) mass is 224 g/mol. The Hall–Kier alpha value is -1.38. The molecule has 0 bridgehead atoms. The predicted octanol–water partition coefficient (Wildman–Crippen LogP) is 2.67. The summed E-state index contributed by atoms with van der Waals surface area (Å²) in [6, 6.07) is 0. The number of Topliss-reactive ketones (excluding diaryl/α,β-unsaturated/α-hetero) is 1. The molecule has 0 aliphatic heterocycles. The van der Waals surface area contributed by atoms with Crippen LogP contribution in [0.25, 0.3) is 0 Å². The molecule has 0 spiro atoms. The van der Waals surface area contributed by atoms with E-state index in [1.807, 2.05) is 19.1 Å². The Labute approximate surface area is 97.2 Å². The van der Waals surface area contributed by atoms with E-state index in [9.17, 15) is 9.59 Å². The molecule has 0 fully saturated rings. The van der Waals surface area contributed by atoms with Crippen molar-refractivity contribution in [1.82, 2.24) is 0 Å². The van der Waals surface area contributed by atoms with E-state index in [0.29, 0.717) is 25.9 Å². The summed E-state index contributed by atoms with van der Waals surface area (Å²) < 4.78 is 4.88. The first kappa shape index (κ1) is 14.6. The Morgan fingerprint density at radius 2 is 2.12 bits per heavy atom. The van der Waals surface area contributed by atoms with Gasteiger partial charge in [0.05, 0.1) is 6.61 Å². The van der Waals surface area contributed by atoms with Gasteiger partial charge in [-0.25, -0.2) is 0 Å². The second-order valence-corrected chi connectivity index (χ2v) is 3.40. The molecule has 3 heteroatoms. The van der Waals surface area contributed by atoms with Crippen LogP contribution in [0, 0.1) is 5.92 Å². The quantitative estimate of drug-likeness (QED) is 0.361. The van der Waals surface area contributed by atoms with Crippen LogP contribution in [-0.2, 0) is 14.3 Å². The van der Waals surface area contributed by atoms with Gasteiger partial charge in [0, 0.05) is 6.42 Å². The molecule has 0 saturated heterocycles. The van der Waals surface area contributed by atoms with E-state index in [4.69, 9.17) is 4.74 Å². The van der Waals surface area contributed by atoms with Crippen LogP contribution in [0.4, 0.5) is 0 Å². The van der Waals surface area contributed by atoms with E-state index in [2.05, 4.69) is 6.58 Å². The summed E-state index contributed by atoms with van der Waals surface area (Å²) in [5, 5.41) is 0. The highest BCUT2D eigenvalue weighted by molar-refractivity contribution is 5.99. The highest BCUT2D eigenvalue weighted by atomic mass is 16.5. The first-order valence-corrected chi connectivity index (χ1v) is 5.58. The summed E-state index contributed by atoms with van der Waals surface area (Å²) in [6.45, 7) is 7.45. The molecule has 0 rings (SSSR count). The van der Waals surface area contributed by atoms with Crippen LogP contribution in [0.3, 0.4) is 0 Å². The molecule has 0 aliphatic carbocycles. The van der Waals surface area contributed by atoms with Crippen LogP contribution in [0.15, 0.2) is 24.8 Å². The number of carbonyl (C=O) groups is 2. The predicted molar refractivity (Wildman–Crippen MR) is 64.0 cm³/mol. The Morgan fingerprint density at radius 3 is 2.62 bits per heavy atom. The Bertz CT molecular complexity index is 266. The van der Waals surface area contributed by atoms with Crippen molar-refractivity contribution in [2.75, 3.05) is 6.61 Å². The maximum absolute atomic E-state index is 11.7. The molecule has 16 heavy (non-hydrogen) atoms. The lowest BCUT2D eigenvalue weighted by Gasteiger charge is -2.12. The van der Waals surface area contributed by atoms with E-state index in [1.165, 1.54) is 0 Å². The summed E-state index contributed by atoms with van der Waals surface area (Å²) in [7, 11) is 0. The zero-order valence-electron chi connectivity index (χ0n) is 10.1. The fourth-order valence-electron chi connectivity index (χ4n) is 1.29. The third kappa shape index (κ3) is 5.49. The minimum absolute atomic E-state index is 0.0727. The van der Waals surface area contributed by atoms with Crippen molar-refractivity contribution in [2.24, 2.45) is 5.92 Å². The molecule has 0 aromatic heterocycles. The van der Waals surface area contributed by atoms with Crippen molar-refractivity contribution in [3.63, 3.8) is 0 Å². The van der Waals surface area contributed by atoms with Crippen LogP contribution >= 0.6 is 0 Å². The van der Waals surface area contributed by atoms with Crippen molar-refractivity contribution in [2.45, 2.75) is 33.1 Å². The first-order chi connectivity index (χ1) is 7.67. The van der Waals surface area contributed by atoms with Crippen LogP contribution in [-0.4, -0.2) is 18.4 Å². The van der Waals surface area contributed by atoms with E-state index >= 15 is 0 Å². The van der Waals surface area contributed by atoms with Crippen molar-refractivity contribution < 1.29 is 14.3 Å². The van der Waals surface area contributed by atoms with Gasteiger partial charge in [-0.05, 0) is 26.7 Å². The largest absolute Gasteiger partial charge is 0.465 e. The molecule has 1 atom stereocenters. The summed E-state index contributed by atoms with van der Waals surface area (Å²) >= 11 is 0. The van der Waals surface area contributed by atoms with Crippen molar-refractivity contribution in [3.8, 4) is 0 Å². The fourth-order valence-corrected chi connectivity index (χ4v) is 1.29. The number of ketones is 1. The van der Waals surface area contributed by atoms with Gasteiger partial charge in [-0.2, -0.15) is 0 Å². The van der Waals surface area contributed by atoms with Crippen molar-refractivity contribution >= 4 is 11.8 Å². The minimum atomic E-state index is -0.656. The SMILES string of the molecule is C=CCCC(=O)C(C/C=C/C)C(=O)OCC. The van der Waals surface area contributed by atoms with Gasteiger partial charge in [-0.1, -0.05) is 18.2 Å². The number of hydrogen-bond donors (Lipinski definition) is 0. The van der Waals surface area contributed by atoms with Crippen LogP contribution in [0.1, 0.15) is 33.1 Å². The number of allylic oxidation sites excluding steroid dienone is 3. The zero-order valence-corrected chi connectivity index (χ0v) is 10.1. The molecule has 0 aromatic rings. The molecule has 0 saturated carbocycles. The van der Waals surface area contributed by atoms with Gasteiger partial charge < -0.3 is 4.74 Å². The zero-order chi connectivity index (χ0) is 12.4. The molecule has 1 unspecified atom stereocenters. The average molecular weight is 224 g/mol. The molecule has 0 aromatic carbocycles. The maximum Gasteiger partial charge on any atom is 0.316 e. The Morgan fingerprint density at radius 1 is 1.44 bits per heavy atom. The van der Waals surface area contributed by atoms with Gasteiger partial charge in [-0.15, -0.1) is 6.58 Å². The summed E-state index contributed by atoms with van der Waals surface area (Å²) in [5.74, 6) is -1.15. The maximum atomic E-state index is 11.7. The first-order valence-electron chi connectivity index (χ1n) is 5.58. The van der Waals surface area contributed by atoms with Gasteiger partial charge in [0.25, 0.3) is 0 Å². The highest BCUT2D eigenvalue weighted by Crippen LogP contribution is 2.12. The van der Waals surface area contributed by atoms with Crippen molar-refractivity contribution in [3.05, 3.63) is 24.8 Å². The lowest BCUT2D eigenvalue weighted by Crippen LogP contribution is -2.25. The molecule has 0 N–H and O–H groups in total. The van der Waals surface area contributed by atoms with E-state index in [0.717, 1.165) is 0 Å². The van der Waals surface area contributed by atoms with E-state index in [-0.39, 0.29) is 5.78 Å². The summed E-state index contributed by atoms with van der Waals surface area (Å²) in [5.41, 5.74) is 0. The van der Waals surface area contributed by atoms with Gasteiger partial charge in [0.2, 0.25) is 0 Å². The standard InChI is InChI=1S/C13H20O3/c1-4-7-9-11(13(15)16-6-3)12(14)10-8-5-2/h4-5,7,11H,2,6,8-10H2,1,3H3/b7-4+. The lowest BCUT2D eigenvalue weighted by molar-refractivity contribution is -0.151. The third-order valence-corrected chi connectivity index (χ3v) is 2.16. The third-order valence-electron chi connectivity index (χ3n) is 2.16. The lowest BCUT2D eigenvalue weighted by atomic mass is 9.96. The Kier molecular flexibility index (Phi) is 8.12. The number of rotatable bonds is 8. The molecule has 0 amide bonds. The van der Waals surface area contributed by atoms with Crippen LogP contribution in [0.5, 0.6) is 0 Å². The smallest absolute Gasteiger partial charge is 0.316 e. The van der Waals surface area contributed by atoms with E-state index in [1.54, 1.807) is 13.0 Å². The minimum Gasteiger partial charge on any atom is -0.465 e. The molecule has 0 radical (unpaired) electrons. The molecular weight excluding hydrogens is 204 g/mol. The van der Waals surface area contributed by atoms with Crippen LogP contribution in [0.2, 0.25) is 0 Å². The second kappa shape index (κ2) is 8.89. The molecule has 0 heterocycles. The Balaban J connectivity index is 4.44. The average Bonchev–Trinajstić information content (AvgIpc) is 2.27. The summed E-state index contributed by atoms with van der Waals surface area (Å²) in [6.07, 6.45) is 6.69. The van der Waals surface area contributed by atoms with Crippen LogP contribution < -0.4 is 0 Å². The van der Waals surface area contributed by atoms with E-state index < -0.39 is 11.9 Å². The molecular formula is C13H20O3. The number of hydrogen-bond acceptors (Lipinski definition) is 3. The molecule has 0 aliphatic rings. The normalized spacial score (nSPS) is 12.4. The number of esters is 1. The van der Waals surface area contributed by atoms with Crippen molar-refractivity contribution in [1.29, 1.82) is 0 Å². The number of ether oxygens (including phenoxy) is 1. The molecule has 3 nitrogen and oxygen atoms in total.